The molecule has 1 nitrogen and oxygen atoms in total. The molecule has 0 bridgehead atoms. The molecule has 0 aromatic heterocycles. The van der Waals surface area contributed by atoms with Gasteiger partial charge in [-0.05, 0) is 61.3 Å². The average Bonchev–Trinajstić information content (AvgIpc) is 2.39. The van der Waals surface area contributed by atoms with Crippen molar-refractivity contribution in [2.45, 2.75) is 19.9 Å². The third-order valence-electron chi connectivity index (χ3n) is 3.52. The Morgan fingerprint density at radius 1 is 1.11 bits per heavy atom. The predicted octanol–water partition coefficient (Wildman–Crippen LogP) is 4.51. The summed E-state index contributed by atoms with van der Waals surface area (Å²) in [5.74, 6) is -0.219. The highest BCUT2D eigenvalue weighted by atomic mass is 79.9. The summed E-state index contributed by atoms with van der Waals surface area (Å²) < 4.78 is 14.4. The number of rotatable bonds is 3. The lowest BCUT2D eigenvalue weighted by Crippen LogP contribution is -2.19. The minimum atomic E-state index is -0.219. The van der Waals surface area contributed by atoms with Crippen LogP contribution in [0.5, 0.6) is 0 Å². The Morgan fingerprint density at radius 3 is 2.53 bits per heavy atom. The van der Waals surface area contributed by atoms with E-state index in [-0.39, 0.29) is 11.9 Å². The summed E-state index contributed by atoms with van der Waals surface area (Å²) in [4.78, 5) is 0. The Kier molecular flexibility index (Phi) is 4.38. The second kappa shape index (κ2) is 5.85. The minimum absolute atomic E-state index is 0.0232. The topological polar surface area (TPSA) is 12.0 Å². The van der Waals surface area contributed by atoms with Crippen molar-refractivity contribution >= 4 is 15.9 Å². The number of halogens is 2. The molecule has 19 heavy (non-hydrogen) atoms. The Labute approximate surface area is 122 Å². The van der Waals surface area contributed by atoms with E-state index >= 15 is 0 Å². The van der Waals surface area contributed by atoms with E-state index in [9.17, 15) is 4.39 Å². The first-order chi connectivity index (χ1) is 9.04. The highest BCUT2D eigenvalue weighted by molar-refractivity contribution is 9.10. The van der Waals surface area contributed by atoms with Crippen LogP contribution in [0.1, 0.15) is 28.3 Å². The quantitative estimate of drug-likeness (QED) is 0.876. The van der Waals surface area contributed by atoms with Crippen LogP contribution in [0.4, 0.5) is 4.39 Å². The predicted molar refractivity (Wildman–Crippen MR) is 80.9 cm³/mol. The molecule has 3 heteroatoms. The van der Waals surface area contributed by atoms with Crippen LogP contribution in [-0.2, 0) is 0 Å². The van der Waals surface area contributed by atoms with Crippen LogP contribution in [0, 0.1) is 19.7 Å². The van der Waals surface area contributed by atoms with Gasteiger partial charge < -0.3 is 5.32 Å². The molecule has 0 saturated heterocycles. The van der Waals surface area contributed by atoms with E-state index in [0.717, 1.165) is 10.0 Å². The van der Waals surface area contributed by atoms with E-state index in [1.165, 1.54) is 22.8 Å². The minimum Gasteiger partial charge on any atom is -0.309 e. The maximum Gasteiger partial charge on any atom is 0.123 e. The van der Waals surface area contributed by atoms with Gasteiger partial charge in [0.2, 0.25) is 0 Å². The Hall–Kier alpha value is -1.19. The summed E-state index contributed by atoms with van der Waals surface area (Å²) >= 11 is 3.51. The van der Waals surface area contributed by atoms with Gasteiger partial charge in [0, 0.05) is 4.47 Å². The zero-order valence-corrected chi connectivity index (χ0v) is 12.9. The van der Waals surface area contributed by atoms with Crippen molar-refractivity contribution in [3.8, 4) is 0 Å². The molecule has 2 aromatic rings. The van der Waals surface area contributed by atoms with E-state index in [0.29, 0.717) is 0 Å². The molecule has 2 aromatic carbocycles. The molecule has 1 N–H and O–H groups in total. The second-order valence-corrected chi connectivity index (χ2v) is 5.53. The second-order valence-electron chi connectivity index (χ2n) is 4.68. The molecule has 0 fully saturated rings. The molecule has 0 heterocycles. The summed E-state index contributed by atoms with van der Waals surface area (Å²) in [7, 11) is 1.89. The van der Waals surface area contributed by atoms with Crippen molar-refractivity contribution in [2.75, 3.05) is 7.05 Å². The van der Waals surface area contributed by atoms with E-state index in [2.05, 4.69) is 47.2 Å². The van der Waals surface area contributed by atoms with Crippen LogP contribution >= 0.6 is 15.9 Å². The van der Waals surface area contributed by atoms with Crippen molar-refractivity contribution < 1.29 is 4.39 Å². The van der Waals surface area contributed by atoms with Crippen LogP contribution in [0.25, 0.3) is 0 Å². The highest BCUT2D eigenvalue weighted by Gasteiger charge is 2.18. The molecular formula is C16H17BrFN. The number of benzene rings is 2. The third kappa shape index (κ3) is 2.88. The molecule has 100 valence electrons. The molecular weight excluding hydrogens is 305 g/mol. The fourth-order valence-corrected chi connectivity index (χ4v) is 2.78. The first-order valence-electron chi connectivity index (χ1n) is 6.23. The van der Waals surface area contributed by atoms with Crippen molar-refractivity contribution in [2.24, 2.45) is 0 Å². The van der Waals surface area contributed by atoms with Gasteiger partial charge in [0.15, 0.2) is 0 Å². The lowest BCUT2D eigenvalue weighted by atomic mass is 9.93. The molecule has 0 saturated carbocycles. The van der Waals surface area contributed by atoms with Gasteiger partial charge in [-0.1, -0.05) is 34.1 Å². The van der Waals surface area contributed by atoms with Gasteiger partial charge in [-0.3, -0.25) is 0 Å². The number of nitrogens with one attached hydrogen (secondary N) is 1. The van der Waals surface area contributed by atoms with Gasteiger partial charge in [-0.2, -0.15) is 0 Å². The van der Waals surface area contributed by atoms with Crippen molar-refractivity contribution in [3.63, 3.8) is 0 Å². The van der Waals surface area contributed by atoms with Crippen LogP contribution < -0.4 is 5.32 Å². The zero-order chi connectivity index (χ0) is 14.0. The van der Waals surface area contributed by atoms with E-state index in [1.807, 2.05) is 13.1 Å². The van der Waals surface area contributed by atoms with Gasteiger partial charge in [0.1, 0.15) is 5.82 Å². The Bertz CT molecular complexity index is 593. The van der Waals surface area contributed by atoms with Gasteiger partial charge in [-0.25, -0.2) is 4.39 Å². The summed E-state index contributed by atoms with van der Waals surface area (Å²) in [5.41, 5.74) is 4.56. The van der Waals surface area contributed by atoms with Crippen LogP contribution in [0.2, 0.25) is 0 Å². The van der Waals surface area contributed by atoms with E-state index in [4.69, 9.17) is 0 Å². The number of aryl methyl sites for hydroxylation is 1. The maximum absolute atomic E-state index is 13.5. The number of hydrogen-bond donors (Lipinski definition) is 1. The molecule has 0 amide bonds. The zero-order valence-electron chi connectivity index (χ0n) is 11.3. The third-order valence-corrected chi connectivity index (χ3v) is 4.24. The fourth-order valence-electron chi connectivity index (χ4n) is 2.30. The summed E-state index contributed by atoms with van der Waals surface area (Å²) in [6, 6.07) is 11.0. The lowest BCUT2D eigenvalue weighted by molar-refractivity contribution is 0.615. The largest absolute Gasteiger partial charge is 0.309 e. The molecule has 0 aliphatic carbocycles. The summed E-state index contributed by atoms with van der Waals surface area (Å²) in [6.45, 7) is 4.19. The van der Waals surface area contributed by atoms with Gasteiger partial charge >= 0.3 is 0 Å². The SMILES string of the molecule is CNC(c1cc(F)ccc1Br)c1cccc(C)c1C. The Morgan fingerprint density at radius 2 is 1.84 bits per heavy atom. The van der Waals surface area contributed by atoms with Crippen molar-refractivity contribution in [1.29, 1.82) is 0 Å². The molecule has 1 unspecified atom stereocenters. The monoisotopic (exact) mass is 321 g/mol. The molecule has 0 spiro atoms. The first-order valence-corrected chi connectivity index (χ1v) is 7.02. The first kappa shape index (κ1) is 14.2. The number of hydrogen-bond acceptors (Lipinski definition) is 1. The molecule has 2 rings (SSSR count). The lowest BCUT2D eigenvalue weighted by Gasteiger charge is -2.21. The Balaban J connectivity index is 2.56. The highest BCUT2D eigenvalue weighted by Crippen LogP contribution is 2.31. The summed E-state index contributed by atoms with van der Waals surface area (Å²) in [6.07, 6.45) is 0. The van der Waals surface area contributed by atoms with Gasteiger partial charge in [0.25, 0.3) is 0 Å². The molecule has 0 aliphatic heterocycles. The van der Waals surface area contributed by atoms with Crippen LogP contribution in [-0.4, -0.2) is 7.05 Å². The molecule has 0 aliphatic rings. The molecule has 0 radical (unpaired) electrons. The fraction of sp³-hybridized carbons (Fsp3) is 0.250. The van der Waals surface area contributed by atoms with E-state index in [1.54, 1.807) is 12.1 Å². The standard InChI is InChI=1S/C16H17BrFN/c1-10-5-4-6-13(11(10)2)16(19-3)14-9-12(18)7-8-15(14)17/h4-9,16,19H,1-3H3. The van der Waals surface area contributed by atoms with E-state index < -0.39 is 0 Å². The average molecular weight is 322 g/mol. The van der Waals surface area contributed by atoms with Crippen LogP contribution in [0.15, 0.2) is 40.9 Å². The van der Waals surface area contributed by atoms with Gasteiger partial charge in [0.05, 0.1) is 6.04 Å². The van der Waals surface area contributed by atoms with Gasteiger partial charge in [-0.15, -0.1) is 0 Å². The normalized spacial score (nSPS) is 12.5. The van der Waals surface area contributed by atoms with Crippen molar-refractivity contribution in [3.05, 3.63) is 68.9 Å². The summed E-state index contributed by atoms with van der Waals surface area (Å²) in [5, 5.41) is 3.27. The van der Waals surface area contributed by atoms with Crippen molar-refractivity contribution in [1.82, 2.24) is 5.32 Å². The van der Waals surface area contributed by atoms with Crippen LogP contribution in [0.3, 0.4) is 0 Å². The maximum atomic E-state index is 13.5. The molecule has 1 atom stereocenters. The smallest absolute Gasteiger partial charge is 0.123 e.